The van der Waals surface area contributed by atoms with E-state index in [1.54, 1.807) is 32.4 Å². The highest BCUT2D eigenvalue weighted by Crippen LogP contribution is 2.40. The zero-order valence-corrected chi connectivity index (χ0v) is 13.3. The van der Waals surface area contributed by atoms with Gasteiger partial charge in [0.2, 0.25) is 11.7 Å². The second-order valence-electron chi connectivity index (χ2n) is 5.51. The van der Waals surface area contributed by atoms with Gasteiger partial charge in [0, 0.05) is 11.6 Å². The van der Waals surface area contributed by atoms with Crippen molar-refractivity contribution >= 4 is 17.2 Å². The van der Waals surface area contributed by atoms with E-state index in [4.69, 9.17) is 14.2 Å². The van der Waals surface area contributed by atoms with E-state index in [0.29, 0.717) is 28.6 Å². The zero-order valence-electron chi connectivity index (χ0n) is 13.3. The molecule has 0 spiro atoms. The number of Topliss-reactive ketones (excluding diaryl/α,β-unsaturated/α-hetero) is 1. The van der Waals surface area contributed by atoms with E-state index in [0.717, 1.165) is 11.4 Å². The Balaban J connectivity index is 1.67. The highest BCUT2D eigenvalue weighted by molar-refractivity contribution is 6.06. The van der Waals surface area contributed by atoms with Crippen LogP contribution < -0.4 is 20.1 Å². The largest absolute Gasteiger partial charge is 0.497 e. The average Bonchev–Trinajstić information content (AvgIpc) is 2.95. The number of hydrogen-bond acceptors (Lipinski definition) is 6. The molecule has 2 N–H and O–H groups in total. The molecule has 6 nitrogen and oxygen atoms in total. The highest BCUT2D eigenvalue weighted by atomic mass is 16.5. The highest BCUT2D eigenvalue weighted by Gasteiger charge is 2.39. The normalized spacial score (nSPS) is 18.1. The molecule has 1 atom stereocenters. The van der Waals surface area contributed by atoms with E-state index in [2.05, 4.69) is 10.6 Å². The van der Waals surface area contributed by atoms with Crippen LogP contribution in [0.2, 0.25) is 0 Å². The van der Waals surface area contributed by atoms with Crippen molar-refractivity contribution in [1.29, 1.82) is 0 Å². The molecule has 2 heterocycles. The van der Waals surface area contributed by atoms with Gasteiger partial charge in [-0.1, -0.05) is 12.1 Å². The summed E-state index contributed by atoms with van der Waals surface area (Å²) in [6.45, 7) is 0. The van der Waals surface area contributed by atoms with Gasteiger partial charge in [-0.3, -0.25) is 4.79 Å². The topological polar surface area (TPSA) is 68.8 Å². The Morgan fingerprint density at radius 1 is 0.958 bits per heavy atom. The Labute approximate surface area is 139 Å². The molecule has 6 heteroatoms. The lowest BCUT2D eigenvalue weighted by Crippen LogP contribution is -2.18. The minimum atomic E-state index is -0.742. The molecule has 4 rings (SSSR count). The van der Waals surface area contributed by atoms with Crippen LogP contribution in [0.15, 0.2) is 54.0 Å². The third-order valence-electron chi connectivity index (χ3n) is 4.06. The van der Waals surface area contributed by atoms with E-state index in [9.17, 15) is 4.79 Å². The maximum absolute atomic E-state index is 12.8. The summed E-state index contributed by atoms with van der Waals surface area (Å²) in [5.41, 5.74) is 2.82. The first-order valence-corrected chi connectivity index (χ1v) is 7.51. The Hall–Kier alpha value is -3.15. The number of para-hydroxylation sites is 2. The minimum Gasteiger partial charge on any atom is -0.497 e. The summed E-state index contributed by atoms with van der Waals surface area (Å²) in [5.74, 6) is 1.51. The van der Waals surface area contributed by atoms with Crippen LogP contribution in [-0.2, 0) is 9.53 Å². The Morgan fingerprint density at radius 2 is 1.58 bits per heavy atom. The summed E-state index contributed by atoms with van der Waals surface area (Å²) in [7, 11) is 3.14. The number of methoxy groups -OCH3 is 2. The molecular formula is C18H16N2O4. The molecule has 2 aromatic carbocycles. The van der Waals surface area contributed by atoms with Crippen LogP contribution in [0.3, 0.4) is 0 Å². The molecule has 0 radical (unpaired) electrons. The maximum atomic E-state index is 12.8. The number of benzene rings is 2. The summed E-state index contributed by atoms with van der Waals surface area (Å²) < 4.78 is 16.4. The van der Waals surface area contributed by atoms with Crippen LogP contribution in [0.25, 0.3) is 0 Å². The van der Waals surface area contributed by atoms with E-state index in [-0.39, 0.29) is 5.78 Å². The molecule has 0 aromatic heterocycles. The third kappa shape index (κ3) is 2.23. The van der Waals surface area contributed by atoms with Crippen molar-refractivity contribution in [3.05, 3.63) is 59.6 Å². The van der Waals surface area contributed by atoms with E-state index in [1.165, 1.54) is 0 Å². The molecule has 0 saturated heterocycles. The fraction of sp³-hybridized carbons (Fsp3) is 0.167. The molecule has 24 heavy (non-hydrogen) atoms. The van der Waals surface area contributed by atoms with Gasteiger partial charge in [0.25, 0.3) is 0 Å². The van der Waals surface area contributed by atoms with Gasteiger partial charge >= 0.3 is 0 Å². The number of hydrogen-bond donors (Lipinski definition) is 2. The van der Waals surface area contributed by atoms with Gasteiger partial charge in [-0.25, -0.2) is 0 Å². The second kappa shape index (κ2) is 5.49. The van der Waals surface area contributed by atoms with Crippen molar-refractivity contribution in [3.63, 3.8) is 0 Å². The molecule has 0 amide bonds. The molecule has 2 aliphatic rings. The molecule has 0 saturated carbocycles. The number of rotatable bonds is 3. The van der Waals surface area contributed by atoms with Gasteiger partial charge in [-0.05, 0) is 24.3 Å². The molecular weight excluding hydrogens is 308 g/mol. The van der Waals surface area contributed by atoms with Gasteiger partial charge in [-0.2, -0.15) is 0 Å². The van der Waals surface area contributed by atoms with E-state index >= 15 is 0 Å². The molecule has 0 aliphatic carbocycles. The third-order valence-corrected chi connectivity index (χ3v) is 4.06. The Morgan fingerprint density at radius 3 is 2.21 bits per heavy atom. The lowest BCUT2D eigenvalue weighted by atomic mass is 10.0. The van der Waals surface area contributed by atoms with Crippen molar-refractivity contribution in [2.75, 3.05) is 24.9 Å². The van der Waals surface area contributed by atoms with Gasteiger partial charge in [-0.15, -0.1) is 0 Å². The zero-order chi connectivity index (χ0) is 16.7. The van der Waals surface area contributed by atoms with Crippen LogP contribution in [0.5, 0.6) is 11.5 Å². The number of ether oxygens (including phenoxy) is 3. The Bertz CT molecular complexity index is 838. The first kappa shape index (κ1) is 14.4. The second-order valence-corrected chi connectivity index (χ2v) is 5.51. The van der Waals surface area contributed by atoms with Gasteiger partial charge in [0.05, 0.1) is 25.6 Å². The van der Waals surface area contributed by atoms with Gasteiger partial charge in [0.1, 0.15) is 17.2 Å². The van der Waals surface area contributed by atoms with Crippen molar-refractivity contribution in [2.45, 2.75) is 6.10 Å². The number of carbonyl (C=O) groups excluding carboxylic acids is 1. The van der Waals surface area contributed by atoms with Crippen LogP contribution in [0.1, 0.15) is 11.7 Å². The number of carbonyl (C=O) groups is 1. The molecule has 122 valence electrons. The van der Waals surface area contributed by atoms with Gasteiger partial charge in [0.15, 0.2) is 6.10 Å². The first-order chi connectivity index (χ1) is 11.7. The van der Waals surface area contributed by atoms with Gasteiger partial charge < -0.3 is 24.8 Å². The molecule has 2 aliphatic heterocycles. The predicted octanol–water partition coefficient (Wildman–Crippen LogP) is 3.05. The monoisotopic (exact) mass is 324 g/mol. The predicted molar refractivity (Wildman–Crippen MR) is 89.1 cm³/mol. The standard InChI is InChI=1S/C18H16N2O4/c1-22-11-7-10(8-12(9-11)23-2)17-16(21)15-18(24-17)20-14-6-4-3-5-13(14)19-15/h3-9,17,19-20H,1-2H3/t17-/m1/s1. The Kier molecular flexibility index (Phi) is 3.30. The lowest BCUT2D eigenvalue weighted by molar-refractivity contribution is -0.121. The molecule has 0 fully saturated rings. The summed E-state index contributed by atoms with van der Waals surface area (Å²) in [6.07, 6.45) is -0.742. The number of fused-ring (bicyclic) bond motifs is 1. The summed E-state index contributed by atoms with van der Waals surface area (Å²) >= 11 is 0. The quantitative estimate of drug-likeness (QED) is 0.904. The van der Waals surface area contributed by atoms with E-state index in [1.807, 2.05) is 24.3 Å². The lowest BCUT2D eigenvalue weighted by Gasteiger charge is -2.19. The van der Waals surface area contributed by atoms with Crippen LogP contribution in [0.4, 0.5) is 11.4 Å². The minimum absolute atomic E-state index is 0.137. The van der Waals surface area contributed by atoms with Crippen LogP contribution in [0, 0.1) is 0 Å². The first-order valence-electron chi connectivity index (χ1n) is 7.51. The van der Waals surface area contributed by atoms with Crippen molar-refractivity contribution < 1.29 is 19.0 Å². The maximum Gasteiger partial charge on any atom is 0.229 e. The molecule has 0 unspecified atom stereocenters. The van der Waals surface area contributed by atoms with E-state index < -0.39 is 6.10 Å². The van der Waals surface area contributed by atoms with Crippen molar-refractivity contribution in [2.24, 2.45) is 0 Å². The summed E-state index contributed by atoms with van der Waals surface area (Å²) in [4.78, 5) is 12.8. The van der Waals surface area contributed by atoms with Crippen LogP contribution in [-0.4, -0.2) is 20.0 Å². The van der Waals surface area contributed by atoms with Crippen molar-refractivity contribution in [3.8, 4) is 11.5 Å². The number of nitrogens with one attached hydrogen (secondary N) is 2. The number of ketones is 1. The van der Waals surface area contributed by atoms with Crippen LogP contribution >= 0.6 is 0 Å². The summed E-state index contributed by atoms with van der Waals surface area (Å²) in [5, 5.41) is 6.30. The summed E-state index contributed by atoms with van der Waals surface area (Å²) in [6, 6.07) is 12.9. The average molecular weight is 324 g/mol. The smallest absolute Gasteiger partial charge is 0.229 e. The molecule has 0 bridgehead atoms. The molecule has 2 aromatic rings. The van der Waals surface area contributed by atoms with Crippen molar-refractivity contribution in [1.82, 2.24) is 0 Å². The SMILES string of the molecule is COc1cc(OC)cc([C@H]2OC3=C(Nc4ccccc4N3)C2=O)c1. The fourth-order valence-electron chi connectivity index (χ4n) is 2.84. The fourth-order valence-corrected chi connectivity index (χ4v) is 2.84. The number of anilines is 2.